The highest BCUT2D eigenvalue weighted by molar-refractivity contribution is 7.89. The fraction of sp³-hybridized carbons (Fsp3) is 0.733. The van der Waals surface area contributed by atoms with Crippen LogP contribution in [0.25, 0.3) is 0 Å². The van der Waals surface area contributed by atoms with Gasteiger partial charge in [0.15, 0.2) is 5.89 Å². The summed E-state index contributed by atoms with van der Waals surface area (Å²) >= 11 is 0. The van der Waals surface area contributed by atoms with Crippen LogP contribution in [0, 0.1) is 18.3 Å². The van der Waals surface area contributed by atoms with E-state index in [9.17, 15) is 13.2 Å². The van der Waals surface area contributed by atoms with E-state index in [1.165, 1.54) is 17.6 Å². The first kappa shape index (κ1) is 16.4. The highest BCUT2D eigenvalue weighted by atomic mass is 32.2. The standard InChI is InChI=1S/C15H22N2O5S/c1-11-16-10-13(22-11)23(19,20)17-7-5-15(6-8-17)4-3-12(9-15)14(18)21-2/h10,12H,3-9H2,1-2H3. The molecule has 3 rings (SSSR count). The summed E-state index contributed by atoms with van der Waals surface area (Å²) in [4.78, 5) is 15.6. The number of ether oxygens (including phenoxy) is 1. The van der Waals surface area contributed by atoms with Crippen LogP contribution in [0.2, 0.25) is 0 Å². The molecule has 1 aromatic heterocycles. The topological polar surface area (TPSA) is 89.7 Å². The molecule has 8 heteroatoms. The summed E-state index contributed by atoms with van der Waals surface area (Å²) in [6.45, 7) is 2.53. The Morgan fingerprint density at radius 1 is 1.39 bits per heavy atom. The predicted molar refractivity (Wildman–Crippen MR) is 81.0 cm³/mol. The van der Waals surface area contributed by atoms with Gasteiger partial charge in [0, 0.05) is 20.0 Å². The molecule has 0 radical (unpaired) electrons. The van der Waals surface area contributed by atoms with Gasteiger partial charge in [0.2, 0.25) is 0 Å². The van der Waals surface area contributed by atoms with Crippen LogP contribution in [-0.2, 0) is 19.6 Å². The first-order valence-corrected chi connectivity index (χ1v) is 9.31. The number of rotatable bonds is 3. The second-order valence-electron chi connectivity index (χ2n) is 6.57. The van der Waals surface area contributed by atoms with Crippen molar-refractivity contribution in [1.82, 2.24) is 9.29 Å². The lowest BCUT2D eigenvalue weighted by atomic mass is 9.77. The fourth-order valence-electron chi connectivity index (χ4n) is 3.82. The Kier molecular flexibility index (Phi) is 4.22. The zero-order chi connectivity index (χ0) is 16.7. The number of esters is 1. The number of piperidine rings is 1. The first-order chi connectivity index (χ1) is 10.9. The smallest absolute Gasteiger partial charge is 0.308 e. The minimum Gasteiger partial charge on any atom is -0.469 e. The monoisotopic (exact) mass is 342 g/mol. The van der Waals surface area contributed by atoms with E-state index in [1.54, 1.807) is 6.92 Å². The van der Waals surface area contributed by atoms with Gasteiger partial charge in [-0.15, -0.1) is 0 Å². The molecule has 0 aromatic carbocycles. The van der Waals surface area contributed by atoms with Gasteiger partial charge < -0.3 is 9.15 Å². The number of sulfonamides is 1. The van der Waals surface area contributed by atoms with E-state index in [0.29, 0.717) is 19.0 Å². The van der Waals surface area contributed by atoms with Gasteiger partial charge in [-0.05, 0) is 37.5 Å². The summed E-state index contributed by atoms with van der Waals surface area (Å²) in [5.74, 6) is 0.155. The highest BCUT2D eigenvalue weighted by Crippen LogP contribution is 2.49. The number of nitrogens with zero attached hydrogens (tertiary/aromatic N) is 2. The van der Waals surface area contributed by atoms with Gasteiger partial charge >= 0.3 is 5.97 Å². The summed E-state index contributed by atoms with van der Waals surface area (Å²) < 4.78 is 36.6. The van der Waals surface area contributed by atoms with Crippen LogP contribution in [0.1, 0.15) is 38.0 Å². The molecule has 0 N–H and O–H groups in total. The molecule has 128 valence electrons. The minimum absolute atomic E-state index is 0.0416. The molecule has 1 saturated carbocycles. The third-order valence-electron chi connectivity index (χ3n) is 5.21. The van der Waals surface area contributed by atoms with Crippen molar-refractivity contribution >= 4 is 16.0 Å². The van der Waals surface area contributed by atoms with Crippen LogP contribution < -0.4 is 0 Å². The van der Waals surface area contributed by atoms with Gasteiger partial charge in [0.1, 0.15) is 0 Å². The Labute approximate surface area is 136 Å². The fourth-order valence-corrected chi connectivity index (χ4v) is 5.15. The van der Waals surface area contributed by atoms with E-state index in [2.05, 4.69) is 4.98 Å². The van der Waals surface area contributed by atoms with Gasteiger partial charge in [-0.25, -0.2) is 13.4 Å². The summed E-state index contributed by atoms with van der Waals surface area (Å²) in [5, 5.41) is -0.0928. The Bertz CT molecular complexity index is 688. The average molecular weight is 342 g/mol. The molecule has 1 atom stereocenters. The molecule has 2 heterocycles. The maximum atomic E-state index is 12.5. The second-order valence-corrected chi connectivity index (χ2v) is 8.43. The third kappa shape index (κ3) is 3.01. The predicted octanol–water partition coefficient (Wildman–Crippen LogP) is 1.73. The molecule has 1 aliphatic carbocycles. The van der Waals surface area contributed by atoms with E-state index in [-0.39, 0.29) is 22.4 Å². The number of hydrogen-bond donors (Lipinski definition) is 0. The highest BCUT2D eigenvalue weighted by Gasteiger charge is 2.46. The molecular weight excluding hydrogens is 320 g/mol. The molecule has 1 unspecified atom stereocenters. The number of carbonyl (C=O) groups is 1. The summed E-state index contributed by atoms with van der Waals surface area (Å²) in [5.41, 5.74) is 0.0716. The van der Waals surface area contributed by atoms with Crippen molar-refractivity contribution in [1.29, 1.82) is 0 Å². The second kappa shape index (κ2) is 5.90. The lowest BCUT2D eigenvalue weighted by molar-refractivity contribution is -0.145. The van der Waals surface area contributed by atoms with Crippen LogP contribution >= 0.6 is 0 Å². The summed E-state index contributed by atoms with van der Waals surface area (Å²) in [6.07, 6.45) is 5.40. The third-order valence-corrected chi connectivity index (χ3v) is 6.96. The van der Waals surface area contributed by atoms with Gasteiger partial charge in [-0.1, -0.05) is 0 Å². The van der Waals surface area contributed by atoms with E-state index in [1.807, 2.05) is 0 Å². The number of aromatic nitrogens is 1. The Morgan fingerprint density at radius 2 is 2.09 bits per heavy atom. The van der Waals surface area contributed by atoms with Crippen molar-refractivity contribution in [3.63, 3.8) is 0 Å². The molecule has 1 aromatic rings. The average Bonchev–Trinajstić information content (AvgIpc) is 3.14. The van der Waals surface area contributed by atoms with Gasteiger partial charge in [-0.2, -0.15) is 4.31 Å². The Morgan fingerprint density at radius 3 is 2.65 bits per heavy atom. The Hall–Kier alpha value is -1.41. The van der Waals surface area contributed by atoms with Crippen LogP contribution in [0.4, 0.5) is 0 Å². The van der Waals surface area contributed by atoms with Crippen molar-refractivity contribution in [2.45, 2.75) is 44.1 Å². The maximum absolute atomic E-state index is 12.5. The van der Waals surface area contributed by atoms with E-state index >= 15 is 0 Å². The zero-order valence-corrected chi connectivity index (χ0v) is 14.3. The number of oxazole rings is 1. The number of hydrogen-bond acceptors (Lipinski definition) is 6. The van der Waals surface area contributed by atoms with E-state index < -0.39 is 10.0 Å². The van der Waals surface area contributed by atoms with Gasteiger partial charge in [0.05, 0.1) is 19.2 Å². The van der Waals surface area contributed by atoms with Crippen molar-refractivity contribution in [2.24, 2.45) is 11.3 Å². The van der Waals surface area contributed by atoms with Crippen molar-refractivity contribution in [2.75, 3.05) is 20.2 Å². The van der Waals surface area contributed by atoms with E-state index in [4.69, 9.17) is 9.15 Å². The summed E-state index contributed by atoms with van der Waals surface area (Å²) in [7, 11) is -2.19. The first-order valence-electron chi connectivity index (χ1n) is 7.87. The van der Waals surface area contributed by atoms with Crippen LogP contribution in [-0.4, -0.2) is 43.9 Å². The molecule has 23 heavy (non-hydrogen) atoms. The molecule has 7 nitrogen and oxygen atoms in total. The quantitative estimate of drug-likeness (QED) is 0.777. The summed E-state index contributed by atoms with van der Waals surface area (Å²) in [6, 6.07) is 0. The zero-order valence-electron chi connectivity index (χ0n) is 13.4. The van der Waals surface area contributed by atoms with Gasteiger partial charge in [0.25, 0.3) is 15.1 Å². The molecular formula is C15H22N2O5S. The molecule has 0 amide bonds. The van der Waals surface area contributed by atoms with Crippen LogP contribution in [0.5, 0.6) is 0 Å². The van der Waals surface area contributed by atoms with Crippen molar-refractivity contribution in [3.8, 4) is 0 Å². The number of methoxy groups -OCH3 is 1. The lowest BCUT2D eigenvalue weighted by Gasteiger charge is -2.38. The molecule has 1 aliphatic heterocycles. The van der Waals surface area contributed by atoms with Crippen molar-refractivity contribution < 1.29 is 22.4 Å². The van der Waals surface area contributed by atoms with Crippen LogP contribution in [0.3, 0.4) is 0 Å². The molecule has 2 fully saturated rings. The Balaban J connectivity index is 1.66. The van der Waals surface area contributed by atoms with Crippen molar-refractivity contribution in [3.05, 3.63) is 12.1 Å². The molecule has 2 aliphatic rings. The number of carbonyl (C=O) groups excluding carboxylic acids is 1. The molecule has 1 spiro atoms. The van der Waals surface area contributed by atoms with Gasteiger partial charge in [-0.3, -0.25) is 4.79 Å². The lowest BCUT2D eigenvalue weighted by Crippen LogP contribution is -2.42. The van der Waals surface area contributed by atoms with E-state index in [0.717, 1.165) is 32.1 Å². The normalized spacial score (nSPS) is 24.9. The van der Waals surface area contributed by atoms with Crippen LogP contribution in [0.15, 0.2) is 15.7 Å². The number of aryl methyl sites for hydroxylation is 1. The maximum Gasteiger partial charge on any atom is 0.308 e. The SMILES string of the molecule is COC(=O)C1CCC2(CCN(S(=O)(=O)c3cnc(C)o3)CC2)C1. The minimum atomic E-state index is -3.61. The molecule has 0 bridgehead atoms. The largest absolute Gasteiger partial charge is 0.469 e. The molecule has 1 saturated heterocycles.